The van der Waals surface area contributed by atoms with E-state index in [2.05, 4.69) is 62.3 Å². The number of carbonyl (C=O) groups is 3. The van der Waals surface area contributed by atoms with Crippen LogP contribution in [0, 0.1) is 11.6 Å². The fourth-order valence-electron chi connectivity index (χ4n) is 8.98. The number of carbonyl (C=O) groups excluding carboxylic acids is 3. The Morgan fingerprint density at radius 2 is 0.905 bits per heavy atom. The first-order valence-electron chi connectivity index (χ1n) is 24.7. The molecule has 0 spiro atoms. The molecule has 6 heterocycles. The predicted molar refractivity (Wildman–Crippen MR) is 284 cm³/mol. The van der Waals surface area contributed by atoms with E-state index >= 15 is 0 Å². The van der Waals surface area contributed by atoms with Gasteiger partial charge in [0.15, 0.2) is 11.6 Å². The molecule has 0 bridgehead atoms. The number of aromatic nitrogens is 8. The van der Waals surface area contributed by atoms with E-state index < -0.39 is 0 Å². The van der Waals surface area contributed by atoms with Gasteiger partial charge in [-0.25, -0.2) is 28.7 Å². The molecule has 0 aliphatic carbocycles. The van der Waals surface area contributed by atoms with Crippen LogP contribution in [0.4, 0.5) is 31.5 Å². The molecular formula is C55H60F2N14O3. The van der Waals surface area contributed by atoms with Gasteiger partial charge >= 0.3 is 0 Å². The molecule has 10 rings (SSSR count). The molecule has 2 fully saturated rings. The Balaban J connectivity index is 0.000000182. The Hall–Kier alpha value is -8.45. The molecule has 4 aromatic heterocycles. The summed E-state index contributed by atoms with van der Waals surface area (Å²) in [6, 6.07) is 28.1. The maximum atomic E-state index is 13.5. The van der Waals surface area contributed by atoms with Crippen molar-refractivity contribution in [1.82, 2.24) is 48.8 Å². The summed E-state index contributed by atoms with van der Waals surface area (Å²) >= 11 is 0. The summed E-state index contributed by atoms with van der Waals surface area (Å²) in [6.45, 7) is 16.8. The van der Waals surface area contributed by atoms with Crippen molar-refractivity contribution in [2.75, 3.05) is 79.8 Å². The molecule has 17 nitrogen and oxygen atoms in total. The second-order valence-electron chi connectivity index (χ2n) is 19.0. The number of amides is 3. The van der Waals surface area contributed by atoms with Gasteiger partial charge in [-0.3, -0.25) is 14.4 Å². The molecule has 2 aliphatic rings. The molecule has 4 N–H and O–H groups in total. The van der Waals surface area contributed by atoms with Gasteiger partial charge in [-0.2, -0.15) is 0 Å². The van der Waals surface area contributed by atoms with Crippen LogP contribution >= 0.6 is 0 Å². The highest BCUT2D eigenvalue weighted by Gasteiger charge is 2.24. The topological polar surface area (TPSA) is 181 Å². The summed E-state index contributed by atoms with van der Waals surface area (Å²) in [5.74, 6) is -0.0939. The highest BCUT2D eigenvalue weighted by molar-refractivity contribution is 6.04. The number of hydrogen-bond acceptors (Lipinski definition) is 10. The lowest BCUT2D eigenvalue weighted by molar-refractivity contribution is -0.129. The van der Waals surface area contributed by atoms with Gasteiger partial charge in [0.2, 0.25) is 5.91 Å². The van der Waals surface area contributed by atoms with Crippen molar-refractivity contribution in [3.63, 3.8) is 0 Å². The summed E-state index contributed by atoms with van der Waals surface area (Å²) in [7, 11) is 2.14. The van der Waals surface area contributed by atoms with Gasteiger partial charge < -0.3 is 49.3 Å². The SMILES string of the molecule is CC(=O)N1CCN(c2ccc(NC(=O)c3cnc(-c4c(-c5ccc(F)cc5)ncn4C(C)C)[nH]3)cc2)CC1.CC(C)n1cnc(-c2ccc(F)cc2)c1-c1ncc(C(=O)Nc2ccc(N3CCN(C)CC3)cc2)[nH]1. The summed E-state index contributed by atoms with van der Waals surface area (Å²) in [6.07, 6.45) is 6.49. The van der Waals surface area contributed by atoms with Crippen molar-refractivity contribution in [2.24, 2.45) is 0 Å². The normalized spacial score (nSPS) is 14.1. The third-order valence-corrected chi connectivity index (χ3v) is 13.2. The molecule has 2 saturated heterocycles. The standard InChI is InChI=1S/C28H30FN7O2.C27H30FN7O/c1-18(2)36-17-31-25(20-4-6-21(29)7-5-20)26(36)27-30-16-24(33-27)28(38)32-22-8-10-23(11-9-22)35-14-12-34(13-15-35)19(3)37;1-18(2)35-17-30-24(19-4-6-20(28)7-5-19)25(35)26-29-16-23(32-26)27(36)31-21-8-10-22(11-9-21)34-14-12-33(3)13-15-34/h4-11,16-18H,12-15H2,1-3H3,(H,30,33)(H,32,38);4-11,16-18H,12-15H2,1-3H3,(H,29,32)(H,31,36). The number of nitrogens with zero attached hydrogens (tertiary/aromatic N) is 10. The van der Waals surface area contributed by atoms with Crippen molar-refractivity contribution in [3.05, 3.63) is 145 Å². The average molecular weight is 1000 g/mol. The molecule has 0 radical (unpaired) electrons. The predicted octanol–water partition coefficient (Wildman–Crippen LogP) is 9.25. The van der Waals surface area contributed by atoms with Gasteiger partial charge in [-0.1, -0.05) is 0 Å². The first-order valence-corrected chi connectivity index (χ1v) is 24.7. The van der Waals surface area contributed by atoms with Crippen LogP contribution in [0.25, 0.3) is 45.6 Å². The fraction of sp³-hybridized carbons (Fsp3) is 0.291. The summed E-state index contributed by atoms with van der Waals surface area (Å²) in [5.41, 5.74) is 8.55. The zero-order valence-electron chi connectivity index (χ0n) is 42.3. The van der Waals surface area contributed by atoms with Gasteiger partial charge in [0.05, 0.1) is 36.4 Å². The minimum atomic E-state index is -0.320. The van der Waals surface area contributed by atoms with Gasteiger partial charge in [0, 0.05) is 105 Å². The number of likely N-dealkylation sites (N-methyl/N-ethyl adjacent to an activating group) is 1. The minimum absolute atomic E-state index is 0.0954. The Bertz CT molecular complexity index is 3200. The van der Waals surface area contributed by atoms with E-state index in [1.807, 2.05) is 90.3 Å². The molecule has 4 aromatic carbocycles. The molecular weight excluding hydrogens is 943 g/mol. The van der Waals surface area contributed by atoms with E-state index in [9.17, 15) is 23.2 Å². The lowest BCUT2D eigenvalue weighted by atomic mass is 10.1. The van der Waals surface area contributed by atoms with Crippen LogP contribution < -0.4 is 20.4 Å². The van der Waals surface area contributed by atoms with E-state index in [0.29, 0.717) is 58.9 Å². The first-order chi connectivity index (χ1) is 35.7. The maximum absolute atomic E-state index is 13.5. The summed E-state index contributed by atoms with van der Waals surface area (Å²) in [4.78, 5) is 70.6. The van der Waals surface area contributed by atoms with Crippen LogP contribution in [0.3, 0.4) is 0 Å². The van der Waals surface area contributed by atoms with Gasteiger partial charge in [0.1, 0.15) is 34.4 Å². The average Bonchev–Trinajstić information content (AvgIpc) is 4.25. The van der Waals surface area contributed by atoms with Crippen molar-refractivity contribution >= 4 is 40.5 Å². The lowest BCUT2D eigenvalue weighted by Crippen LogP contribution is -2.48. The molecule has 0 unspecified atom stereocenters. The third-order valence-electron chi connectivity index (χ3n) is 13.2. The van der Waals surface area contributed by atoms with Gasteiger partial charge in [-0.05, 0) is 132 Å². The van der Waals surface area contributed by atoms with E-state index in [1.165, 1.54) is 36.7 Å². The molecule has 382 valence electrons. The Morgan fingerprint density at radius 3 is 1.27 bits per heavy atom. The zero-order chi connectivity index (χ0) is 52.0. The third kappa shape index (κ3) is 11.4. The second kappa shape index (κ2) is 22.1. The van der Waals surface area contributed by atoms with Crippen molar-refractivity contribution < 1.29 is 23.2 Å². The lowest BCUT2D eigenvalue weighted by Gasteiger charge is -2.35. The van der Waals surface area contributed by atoms with Crippen LogP contribution in [0.1, 0.15) is 67.7 Å². The van der Waals surface area contributed by atoms with Gasteiger partial charge in [0.25, 0.3) is 11.8 Å². The number of nitrogens with one attached hydrogen (secondary N) is 4. The molecule has 0 atom stereocenters. The summed E-state index contributed by atoms with van der Waals surface area (Å²) in [5, 5.41) is 5.86. The van der Waals surface area contributed by atoms with E-state index in [-0.39, 0.29) is 41.4 Å². The monoisotopic (exact) mass is 1000 g/mol. The maximum Gasteiger partial charge on any atom is 0.273 e. The number of H-pyrrole nitrogens is 2. The largest absolute Gasteiger partial charge is 0.369 e. The van der Waals surface area contributed by atoms with Crippen molar-refractivity contribution in [2.45, 2.75) is 46.7 Å². The number of piperazine rings is 2. The quantitative estimate of drug-likeness (QED) is 0.0922. The van der Waals surface area contributed by atoms with E-state index in [4.69, 9.17) is 0 Å². The molecule has 74 heavy (non-hydrogen) atoms. The Labute approximate surface area is 428 Å². The second-order valence-corrected chi connectivity index (χ2v) is 19.0. The number of imidazole rings is 4. The number of aromatic amines is 2. The highest BCUT2D eigenvalue weighted by Crippen LogP contribution is 2.34. The first kappa shape index (κ1) is 50.5. The Morgan fingerprint density at radius 1 is 0.527 bits per heavy atom. The van der Waals surface area contributed by atoms with Crippen LogP contribution in [0.5, 0.6) is 0 Å². The minimum Gasteiger partial charge on any atom is -0.369 e. The molecule has 2 aliphatic heterocycles. The van der Waals surface area contributed by atoms with E-state index in [0.717, 1.165) is 73.2 Å². The number of anilines is 4. The molecule has 3 amide bonds. The molecule has 19 heteroatoms. The fourth-order valence-corrected chi connectivity index (χ4v) is 8.98. The molecule has 0 saturated carbocycles. The van der Waals surface area contributed by atoms with E-state index in [1.54, 1.807) is 43.8 Å². The smallest absolute Gasteiger partial charge is 0.273 e. The Kier molecular flexibility index (Phi) is 15.1. The van der Waals surface area contributed by atoms with Crippen LogP contribution in [-0.4, -0.2) is 126 Å². The van der Waals surface area contributed by atoms with Gasteiger partial charge in [-0.15, -0.1) is 0 Å². The van der Waals surface area contributed by atoms with Crippen LogP contribution in [0.2, 0.25) is 0 Å². The van der Waals surface area contributed by atoms with Crippen LogP contribution in [-0.2, 0) is 4.79 Å². The van der Waals surface area contributed by atoms with Crippen molar-refractivity contribution in [3.8, 4) is 45.6 Å². The van der Waals surface area contributed by atoms with Crippen molar-refractivity contribution in [1.29, 1.82) is 0 Å². The number of benzene rings is 4. The van der Waals surface area contributed by atoms with Crippen LogP contribution in [0.15, 0.2) is 122 Å². The number of rotatable bonds is 12. The number of halogens is 2. The summed E-state index contributed by atoms with van der Waals surface area (Å²) < 4.78 is 30.9. The number of hydrogen-bond donors (Lipinski definition) is 4. The zero-order valence-corrected chi connectivity index (χ0v) is 42.3. The highest BCUT2D eigenvalue weighted by atomic mass is 19.1. The molecule has 8 aromatic rings.